The summed E-state index contributed by atoms with van der Waals surface area (Å²) in [4.78, 5) is 47.1. The van der Waals surface area contributed by atoms with Crippen LogP contribution in [0.1, 0.15) is 59.8 Å². The molecule has 1 aromatic heterocycles. The Bertz CT molecular complexity index is 1070. The Kier molecular flexibility index (Phi) is 7.42. The molecule has 1 saturated heterocycles. The summed E-state index contributed by atoms with van der Waals surface area (Å²) in [6.45, 7) is 4.57. The highest BCUT2D eigenvalue weighted by molar-refractivity contribution is 5.98. The van der Waals surface area contributed by atoms with E-state index >= 15 is 0 Å². The average Bonchev–Trinajstić information content (AvgIpc) is 2.74. The molecular weight excluding hydrogens is 412 g/mol. The van der Waals surface area contributed by atoms with Crippen molar-refractivity contribution in [2.45, 2.75) is 45.2 Å². The van der Waals surface area contributed by atoms with Gasteiger partial charge in [0.05, 0.1) is 12.5 Å². The SMILES string of the molecule is CC(=O)O.Cc1ccn(C2CCNCC2)c(=O)c1C(=O)NC1CC(=O)Nc2ccccc21. The molecule has 1 unspecified atom stereocenters. The van der Waals surface area contributed by atoms with Gasteiger partial charge in [0.15, 0.2) is 0 Å². The second-order valence-corrected chi connectivity index (χ2v) is 7.95. The molecule has 0 aliphatic carbocycles. The predicted molar refractivity (Wildman–Crippen MR) is 120 cm³/mol. The lowest BCUT2D eigenvalue weighted by Gasteiger charge is -2.27. The number of aromatic nitrogens is 1. The summed E-state index contributed by atoms with van der Waals surface area (Å²) < 4.78 is 1.68. The molecule has 32 heavy (non-hydrogen) atoms. The molecular formula is C23H28N4O5. The first-order valence-corrected chi connectivity index (χ1v) is 10.6. The first kappa shape index (κ1) is 23.2. The van der Waals surface area contributed by atoms with Crippen molar-refractivity contribution in [1.82, 2.24) is 15.2 Å². The molecule has 2 aromatic rings. The number of anilines is 1. The number of piperidine rings is 1. The van der Waals surface area contributed by atoms with E-state index in [4.69, 9.17) is 9.90 Å². The average molecular weight is 441 g/mol. The van der Waals surface area contributed by atoms with E-state index in [0.717, 1.165) is 38.4 Å². The molecule has 2 aliphatic rings. The van der Waals surface area contributed by atoms with E-state index in [1.54, 1.807) is 17.7 Å². The van der Waals surface area contributed by atoms with E-state index in [2.05, 4.69) is 16.0 Å². The van der Waals surface area contributed by atoms with E-state index in [-0.39, 0.29) is 29.5 Å². The number of rotatable bonds is 3. The Morgan fingerprint density at radius 1 is 1.12 bits per heavy atom. The van der Waals surface area contributed by atoms with Crippen LogP contribution in [-0.2, 0) is 9.59 Å². The number of hydrogen-bond acceptors (Lipinski definition) is 5. The number of hydrogen-bond donors (Lipinski definition) is 4. The topological polar surface area (TPSA) is 130 Å². The Balaban J connectivity index is 0.000000668. The summed E-state index contributed by atoms with van der Waals surface area (Å²) in [7, 11) is 0. The Hall–Kier alpha value is -3.46. The largest absolute Gasteiger partial charge is 0.481 e. The third kappa shape index (κ3) is 5.42. The second kappa shape index (κ2) is 10.2. The minimum absolute atomic E-state index is 0.0992. The van der Waals surface area contributed by atoms with Crippen molar-refractivity contribution in [3.05, 3.63) is 63.6 Å². The first-order chi connectivity index (χ1) is 15.3. The van der Waals surface area contributed by atoms with Crippen molar-refractivity contribution in [3.63, 3.8) is 0 Å². The van der Waals surface area contributed by atoms with E-state index in [1.807, 2.05) is 30.3 Å². The summed E-state index contributed by atoms with van der Waals surface area (Å²) in [5.74, 6) is -1.42. The first-order valence-electron chi connectivity index (χ1n) is 10.6. The Labute approximate surface area is 185 Å². The van der Waals surface area contributed by atoms with Crippen molar-refractivity contribution >= 4 is 23.5 Å². The van der Waals surface area contributed by atoms with Gasteiger partial charge in [-0.3, -0.25) is 19.2 Å². The minimum Gasteiger partial charge on any atom is -0.481 e. The number of amides is 2. The number of fused-ring (bicyclic) bond motifs is 1. The standard InChI is InChI=1S/C21H24N4O3.C2H4O2/c1-13-8-11-25(14-6-9-22-10-7-14)21(28)19(13)20(27)24-17-12-18(26)23-16-5-3-2-4-15(16)17;1-2(3)4/h2-5,8,11,14,17,22H,6-7,9-10,12H2,1H3,(H,23,26)(H,24,27);1H3,(H,3,4). The number of carboxylic acid groups (broad SMARTS) is 1. The maximum Gasteiger partial charge on any atom is 0.300 e. The molecule has 1 fully saturated rings. The maximum absolute atomic E-state index is 13.1. The fraction of sp³-hybridized carbons (Fsp3) is 0.391. The minimum atomic E-state index is -0.833. The Morgan fingerprint density at radius 3 is 2.47 bits per heavy atom. The molecule has 0 bridgehead atoms. The van der Waals surface area contributed by atoms with Gasteiger partial charge in [-0.2, -0.15) is 0 Å². The van der Waals surface area contributed by atoms with Crippen LogP contribution in [0.3, 0.4) is 0 Å². The molecule has 9 nitrogen and oxygen atoms in total. The number of pyridine rings is 1. The van der Waals surface area contributed by atoms with Crippen molar-refractivity contribution in [1.29, 1.82) is 0 Å². The molecule has 4 rings (SSSR count). The molecule has 0 radical (unpaired) electrons. The van der Waals surface area contributed by atoms with Gasteiger partial charge in [0.1, 0.15) is 5.56 Å². The highest BCUT2D eigenvalue weighted by atomic mass is 16.4. The quantitative estimate of drug-likeness (QED) is 0.578. The molecule has 1 aromatic carbocycles. The zero-order valence-corrected chi connectivity index (χ0v) is 18.2. The Morgan fingerprint density at radius 2 is 1.78 bits per heavy atom. The lowest BCUT2D eigenvalue weighted by molar-refractivity contribution is -0.134. The van der Waals surface area contributed by atoms with Gasteiger partial charge in [0, 0.05) is 24.8 Å². The number of aliphatic carboxylic acids is 1. The molecule has 9 heteroatoms. The smallest absolute Gasteiger partial charge is 0.300 e. The molecule has 0 spiro atoms. The van der Waals surface area contributed by atoms with Gasteiger partial charge < -0.3 is 25.6 Å². The van der Waals surface area contributed by atoms with Crippen LogP contribution in [-0.4, -0.2) is 40.5 Å². The van der Waals surface area contributed by atoms with Crippen LogP contribution in [0.25, 0.3) is 0 Å². The normalized spacial score (nSPS) is 17.9. The molecule has 1 atom stereocenters. The molecule has 2 amide bonds. The zero-order chi connectivity index (χ0) is 23.3. The van der Waals surface area contributed by atoms with Crippen LogP contribution in [0, 0.1) is 6.92 Å². The number of carbonyl (C=O) groups excluding carboxylic acids is 2. The van der Waals surface area contributed by atoms with Gasteiger partial charge in [-0.1, -0.05) is 18.2 Å². The van der Waals surface area contributed by atoms with Crippen molar-refractivity contribution in [2.75, 3.05) is 18.4 Å². The van der Waals surface area contributed by atoms with Crippen molar-refractivity contribution < 1.29 is 19.5 Å². The highest BCUT2D eigenvalue weighted by Gasteiger charge is 2.28. The number of carboxylic acids is 1. The number of benzene rings is 1. The van der Waals surface area contributed by atoms with Crippen LogP contribution in [0.5, 0.6) is 0 Å². The van der Waals surface area contributed by atoms with Crippen LogP contribution in [0.2, 0.25) is 0 Å². The number of nitrogens with zero attached hydrogens (tertiary/aromatic N) is 1. The second-order valence-electron chi connectivity index (χ2n) is 7.95. The number of aryl methyl sites for hydroxylation is 1. The number of para-hydroxylation sites is 1. The number of carbonyl (C=O) groups is 3. The summed E-state index contributed by atoms with van der Waals surface area (Å²) in [6.07, 6.45) is 3.66. The van der Waals surface area contributed by atoms with E-state index < -0.39 is 17.9 Å². The van der Waals surface area contributed by atoms with Gasteiger partial charge in [0.2, 0.25) is 5.91 Å². The summed E-state index contributed by atoms with van der Waals surface area (Å²) in [5.41, 5.74) is 2.08. The monoisotopic (exact) mass is 440 g/mol. The van der Waals surface area contributed by atoms with Crippen LogP contribution in [0.15, 0.2) is 41.3 Å². The van der Waals surface area contributed by atoms with Gasteiger partial charge in [-0.05, 0) is 56.1 Å². The lowest BCUT2D eigenvalue weighted by Crippen LogP contribution is -2.40. The van der Waals surface area contributed by atoms with Crippen LogP contribution in [0.4, 0.5) is 5.69 Å². The van der Waals surface area contributed by atoms with Crippen molar-refractivity contribution in [2.24, 2.45) is 0 Å². The van der Waals surface area contributed by atoms with E-state index in [9.17, 15) is 14.4 Å². The summed E-state index contributed by atoms with van der Waals surface area (Å²) in [5, 5.41) is 16.4. The van der Waals surface area contributed by atoms with Crippen molar-refractivity contribution in [3.8, 4) is 0 Å². The van der Waals surface area contributed by atoms with E-state index in [0.29, 0.717) is 11.3 Å². The molecule has 170 valence electrons. The van der Waals surface area contributed by atoms with Gasteiger partial charge in [-0.15, -0.1) is 0 Å². The zero-order valence-electron chi connectivity index (χ0n) is 18.2. The third-order valence-electron chi connectivity index (χ3n) is 5.56. The van der Waals surface area contributed by atoms with Gasteiger partial charge >= 0.3 is 0 Å². The summed E-state index contributed by atoms with van der Waals surface area (Å²) in [6, 6.07) is 8.86. The van der Waals surface area contributed by atoms with E-state index in [1.165, 1.54) is 0 Å². The van der Waals surface area contributed by atoms with Crippen LogP contribution >= 0.6 is 0 Å². The number of nitrogens with one attached hydrogen (secondary N) is 3. The fourth-order valence-electron chi connectivity index (χ4n) is 4.06. The van der Waals surface area contributed by atoms with Gasteiger partial charge in [-0.25, -0.2) is 0 Å². The summed E-state index contributed by atoms with van der Waals surface area (Å²) >= 11 is 0. The molecule has 0 saturated carbocycles. The lowest BCUT2D eigenvalue weighted by atomic mass is 9.97. The van der Waals surface area contributed by atoms with Crippen LogP contribution < -0.4 is 21.5 Å². The maximum atomic E-state index is 13.1. The van der Waals surface area contributed by atoms with Gasteiger partial charge in [0.25, 0.3) is 17.4 Å². The molecule has 2 aliphatic heterocycles. The predicted octanol–water partition coefficient (Wildman–Crippen LogP) is 1.99. The fourth-order valence-corrected chi connectivity index (χ4v) is 4.06. The highest BCUT2D eigenvalue weighted by Crippen LogP contribution is 2.30. The molecule has 3 heterocycles. The third-order valence-corrected chi connectivity index (χ3v) is 5.56. The molecule has 4 N–H and O–H groups in total.